The maximum Gasteiger partial charge on any atom is 0.446 e. The number of benzene rings is 1. The Labute approximate surface area is 83.3 Å². The van der Waals surface area contributed by atoms with E-state index in [1.54, 1.807) is 0 Å². The zero-order valence-electron chi connectivity index (χ0n) is 7.57. The van der Waals surface area contributed by atoms with Crippen LogP contribution in [0, 0.1) is 19.7 Å². The van der Waals surface area contributed by atoms with E-state index in [-0.39, 0.29) is 27.8 Å². The van der Waals surface area contributed by atoms with Gasteiger partial charge in [0.25, 0.3) is 0 Å². The fraction of sp³-hybridized carbons (Fsp3) is 0.333. The Balaban J connectivity index is 3.02. The van der Waals surface area contributed by atoms with Gasteiger partial charge in [0.05, 0.1) is 0 Å². The molecule has 0 aliphatic carbocycles. The highest BCUT2D eigenvalue weighted by molar-refractivity contribution is 8.00. The molecule has 78 valence electrons. The van der Waals surface area contributed by atoms with Crippen LogP contribution < -0.4 is 0 Å². The number of hydrogen-bond donors (Lipinski definition) is 0. The number of rotatable bonds is 1. The molecule has 0 unspecified atom stereocenters. The first-order valence-electron chi connectivity index (χ1n) is 3.82. The van der Waals surface area contributed by atoms with E-state index >= 15 is 0 Å². The smallest absolute Gasteiger partial charge is 0.206 e. The summed E-state index contributed by atoms with van der Waals surface area (Å²) >= 11 is -0.229. The van der Waals surface area contributed by atoms with Gasteiger partial charge in [-0.2, -0.15) is 13.2 Å². The van der Waals surface area contributed by atoms with Crippen LogP contribution in [0.25, 0.3) is 0 Å². The van der Waals surface area contributed by atoms with Crippen molar-refractivity contribution < 1.29 is 17.6 Å². The van der Waals surface area contributed by atoms with Crippen LogP contribution in [-0.2, 0) is 0 Å². The zero-order valence-corrected chi connectivity index (χ0v) is 8.39. The fourth-order valence-electron chi connectivity index (χ4n) is 1.10. The standard InChI is InChI=1S/C9H8F4S/c1-5-3-7(14-9(11,12)13)4-6(2)8(5)10/h3-4H,1-2H3. The van der Waals surface area contributed by atoms with Crippen molar-refractivity contribution in [3.63, 3.8) is 0 Å². The van der Waals surface area contributed by atoms with Gasteiger partial charge in [0.1, 0.15) is 5.82 Å². The van der Waals surface area contributed by atoms with Gasteiger partial charge in [0.15, 0.2) is 0 Å². The summed E-state index contributed by atoms with van der Waals surface area (Å²) in [6, 6.07) is 2.39. The molecule has 0 N–H and O–H groups in total. The zero-order chi connectivity index (χ0) is 10.9. The van der Waals surface area contributed by atoms with Crippen molar-refractivity contribution in [1.82, 2.24) is 0 Å². The quantitative estimate of drug-likeness (QED) is 0.512. The highest BCUT2D eigenvalue weighted by Crippen LogP contribution is 2.37. The SMILES string of the molecule is Cc1cc(SC(F)(F)F)cc(C)c1F. The van der Waals surface area contributed by atoms with Crippen LogP contribution in [-0.4, -0.2) is 5.51 Å². The molecule has 0 atom stereocenters. The lowest BCUT2D eigenvalue weighted by atomic mass is 10.1. The number of alkyl halides is 3. The molecule has 14 heavy (non-hydrogen) atoms. The molecule has 0 saturated heterocycles. The summed E-state index contributed by atoms with van der Waals surface area (Å²) in [6.45, 7) is 2.89. The van der Waals surface area contributed by atoms with Crippen LogP contribution in [0.15, 0.2) is 17.0 Å². The summed E-state index contributed by atoms with van der Waals surface area (Å²) in [6.07, 6.45) is 0. The number of halogens is 4. The van der Waals surface area contributed by atoms with Gasteiger partial charge in [-0.15, -0.1) is 0 Å². The summed E-state index contributed by atoms with van der Waals surface area (Å²) in [5, 5.41) is 0. The third-order valence-corrected chi connectivity index (χ3v) is 2.35. The molecule has 0 bridgehead atoms. The minimum absolute atomic E-state index is 0.0221. The second kappa shape index (κ2) is 3.81. The lowest BCUT2D eigenvalue weighted by molar-refractivity contribution is -0.0328. The minimum atomic E-state index is -4.32. The summed E-state index contributed by atoms with van der Waals surface area (Å²) in [5.74, 6) is -0.448. The molecule has 0 aliphatic heterocycles. The molecule has 5 heteroatoms. The molecule has 0 spiro atoms. The van der Waals surface area contributed by atoms with Crippen molar-refractivity contribution in [2.75, 3.05) is 0 Å². The van der Waals surface area contributed by atoms with Gasteiger partial charge in [0, 0.05) is 4.90 Å². The monoisotopic (exact) mass is 224 g/mol. The van der Waals surface area contributed by atoms with E-state index in [0.717, 1.165) is 0 Å². The lowest BCUT2D eigenvalue weighted by Crippen LogP contribution is -2.00. The normalized spacial score (nSPS) is 11.9. The molecular weight excluding hydrogens is 216 g/mol. The summed E-state index contributed by atoms with van der Waals surface area (Å²) < 4.78 is 49.0. The third-order valence-electron chi connectivity index (χ3n) is 1.64. The Morgan fingerprint density at radius 1 is 1.07 bits per heavy atom. The topological polar surface area (TPSA) is 0 Å². The van der Waals surface area contributed by atoms with Gasteiger partial charge in [-0.25, -0.2) is 4.39 Å². The van der Waals surface area contributed by atoms with E-state index < -0.39 is 11.3 Å². The first-order chi connectivity index (χ1) is 6.29. The van der Waals surface area contributed by atoms with E-state index in [9.17, 15) is 17.6 Å². The molecule has 0 saturated carbocycles. The highest BCUT2D eigenvalue weighted by Gasteiger charge is 2.29. The van der Waals surface area contributed by atoms with Crippen molar-refractivity contribution in [2.24, 2.45) is 0 Å². The molecular formula is C9H8F4S. The van der Waals surface area contributed by atoms with Gasteiger partial charge in [-0.05, 0) is 48.9 Å². The molecule has 0 fully saturated rings. The molecule has 1 aromatic carbocycles. The maximum atomic E-state index is 13.1. The summed E-state index contributed by atoms with van der Waals surface area (Å²) in [5.41, 5.74) is -3.86. The van der Waals surface area contributed by atoms with Crippen LogP contribution in [0.5, 0.6) is 0 Å². The van der Waals surface area contributed by atoms with E-state index in [2.05, 4.69) is 0 Å². The van der Waals surface area contributed by atoms with Gasteiger partial charge >= 0.3 is 5.51 Å². The molecule has 0 heterocycles. The Kier molecular flexibility index (Phi) is 3.09. The Morgan fingerprint density at radius 2 is 1.50 bits per heavy atom. The van der Waals surface area contributed by atoms with Gasteiger partial charge in [0.2, 0.25) is 0 Å². The van der Waals surface area contributed by atoms with E-state index in [0.29, 0.717) is 0 Å². The van der Waals surface area contributed by atoms with Crippen molar-refractivity contribution in [1.29, 1.82) is 0 Å². The lowest BCUT2D eigenvalue weighted by Gasteiger charge is -2.08. The van der Waals surface area contributed by atoms with Crippen molar-refractivity contribution in [3.05, 3.63) is 29.1 Å². The summed E-state index contributed by atoms with van der Waals surface area (Å²) in [7, 11) is 0. The molecule has 0 aliphatic rings. The molecule has 0 nitrogen and oxygen atoms in total. The maximum absolute atomic E-state index is 13.1. The molecule has 0 amide bonds. The van der Waals surface area contributed by atoms with Gasteiger partial charge in [-0.1, -0.05) is 0 Å². The average molecular weight is 224 g/mol. The third kappa shape index (κ3) is 2.90. The second-order valence-electron chi connectivity index (χ2n) is 2.92. The van der Waals surface area contributed by atoms with Crippen LogP contribution in [0.3, 0.4) is 0 Å². The average Bonchev–Trinajstić information content (AvgIpc) is 1.96. The Morgan fingerprint density at radius 3 is 1.86 bits per heavy atom. The number of hydrogen-bond acceptors (Lipinski definition) is 1. The Bertz CT molecular complexity index is 320. The van der Waals surface area contributed by atoms with Crippen molar-refractivity contribution in [3.8, 4) is 0 Å². The predicted octanol–water partition coefficient (Wildman–Crippen LogP) is 4.05. The first kappa shape index (κ1) is 11.4. The van der Waals surface area contributed by atoms with Gasteiger partial charge in [-0.3, -0.25) is 0 Å². The number of aryl methyl sites for hydroxylation is 2. The highest BCUT2D eigenvalue weighted by atomic mass is 32.2. The van der Waals surface area contributed by atoms with Crippen LogP contribution in [0.1, 0.15) is 11.1 Å². The molecule has 1 rings (SSSR count). The molecule has 0 radical (unpaired) electrons. The summed E-state index contributed by atoms with van der Waals surface area (Å²) in [4.78, 5) is 0.0221. The van der Waals surface area contributed by atoms with Gasteiger partial charge < -0.3 is 0 Å². The van der Waals surface area contributed by atoms with Crippen LogP contribution >= 0.6 is 11.8 Å². The van der Waals surface area contributed by atoms with Crippen molar-refractivity contribution in [2.45, 2.75) is 24.3 Å². The number of thioether (sulfide) groups is 1. The largest absolute Gasteiger partial charge is 0.446 e. The van der Waals surface area contributed by atoms with E-state index in [1.165, 1.54) is 26.0 Å². The second-order valence-corrected chi connectivity index (χ2v) is 4.06. The van der Waals surface area contributed by atoms with E-state index in [4.69, 9.17) is 0 Å². The molecule has 0 aromatic heterocycles. The van der Waals surface area contributed by atoms with E-state index in [1.807, 2.05) is 0 Å². The minimum Gasteiger partial charge on any atom is -0.206 e. The van der Waals surface area contributed by atoms with Crippen molar-refractivity contribution >= 4 is 11.8 Å². The fourth-order valence-corrected chi connectivity index (χ4v) is 1.84. The van der Waals surface area contributed by atoms with Crippen LogP contribution in [0.2, 0.25) is 0 Å². The molecule has 1 aromatic rings. The predicted molar refractivity (Wildman–Crippen MR) is 47.8 cm³/mol. The first-order valence-corrected chi connectivity index (χ1v) is 4.64. The Hall–Kier alpha value is -0.710. The van der Waals surface area contributed by atoms with Crippen LogP contribution in [0.4, 0.5) is 17.6 Å².